The van der Waals surface area contributed by atoms with Crippen LogP contribution in [-0.2, 0) is 0 Å². The van der Waals surface area contributed by atoms with Gasteiger partial charge in [0, 0.05) is 9.13 Å². The third-order valence-electron chi connectivity index (χ3n) is 1.29. The van der Waals surface area contributed by atoms with Crippen LogP contribution in [0.2, 0.25) is 5.02 Å². The highest BCUT2D eigenvalue weighted by Gasteiger charge is 2.13. The fourth-order valence-corrected chi connectivity index (χ4v) is 0.928. The Balaban J connectivity index is 3.29. The van der Waals surface area contributed by atoms with Crippen LogP contribution in [0.25, 0.3) is 0 Å². The number of halogens is 1. The van der Waals surface area contributed by atoms with Crippen LogP contribution in [0.3, 0.4) is 0 Å². The SMILES string of the molecule is [2H]C([2H])([2H])c1ccc(Cl)cc1B(O)O. The molecule has 0 unspecified atom stereocenters. The van der Waals surface area contributed by atoms with Crippen LogP contribution in [0, 0.1) is 6.85 Å². The summed E-state index contributed by atoms with van der Waals surface area (Å²) in [6.45, 7) is -2.37. The molecule has 0 radical (unpaired) electrons. The van der Waals surface area contributed by atoms with Gasteiger partial charge in [-0.05, 0) is 24.4 Å². The van der Waals surface area contributed by atoms with E-state index in [4.69, 9.17) is 25.8 Å². The van der Waals surface area contributed by atoms with E-state index in [1.807, 2.05) is 0 Å². The van der Waals surface area contributed by atoms with Crippen LogP contribution in [0.4, 0.5) is 0 Å². The van der Waals surface area contributed by atoms with Crippen LogP contribution >= 0.6 is 11.6 Å². The number of rotatable bonds is 1. The molecule has 0 fully saturated rings. The second-order valence-corrected chi connectivity index (χ2v) is 2.54. The molecule has 0 aliphatic carbocycles. The van der Waals surface area contributed by atoms with Crippen molar-refractivity contribution in [2.45, 2.75) is 6.85 Å². The zero-order valence-corrected chi connectivity index (χ0v) is 6.34. The van der Waals surface area contributed by atoms with Gasteiger partial charge in [-0.1, -0.05) is 23.2 Å². The summed E-state index contributed by atoms with van der Waals surface area (Å²) in [5.74, 6) is 0. The lowest BCUT2D eigenvalue weighted by atomic mass is 9.77. The van der Waals surface area contributed by atoms with Crippen LogP contribution in [0.1, 0.15) is 9.68 Å². The molecule has 1 rings (SSSR count). The molecule has 0 spiro atoms. The minimum absolute atomic E-state index is 0.0856. The molecule has 1 aromatic carbocycles. The number of hydrogen-bond acceptors (Lipinski definition) is 2. The summed E-state index contributed by atoms with van der Waals surface area (Å²) < 4.78 is 21.4. The maximum atomic E-state index is 8.94. The summed E-state index contributed by atoms with van der Waals surface area (Å²) in [5, 5.41) is 18.1. The van der Waals surface area contributed by atoms with Crippen molar-refractivity contribution >= 4 is 24.2 Å². The van der Waals surface area contributed by atoms with Crippen LogP contribution in [0.15, 0.2) is 18.2 Å². The Labute approximate surface area is 74.8 Å². The number of aryl methyl sites for hydroxylation is 1. The first-order chi connectivity index (χ1) is 6.32. The van der Waals surface area contributed by atoms with Gasteiger partial charge in [0.15, 0.2) is 0 Å². The van der Waals surface area contributed by atoms with Crippen LogP contribution in [0.5, 0.6) is 0 Å². The fourth-order valence-electron chi connectivity index (χ4n) is 0.747. The van der Waals surface area contributed by atoms with Crippen molar-refractivity contribution in [2.24, 2.45) is 0 Å². The molecule has 0 saturated carbocycles. The Kier molecular flexibility index (Phi) is 1.54. The molecule has 0 saturated heterocycles. The van der Waals surface area contributed by atoms with Crippen molar-refractivity contribution in [3.8, 4) is 0 Å². The molecule has 0 heterocycles. The Bertz CT molecular complexity index is 340. The summed E-state index contributed by atoms with van der Waals surface area (Å²) in [4.78, 5) is 0. The predicted octanol–water partition coefficient (Wildman–Crippen LogP) is 0.328. The first kappa shape index (κ1) is 5.20. The molecule has 1 aromatic rings. The van der Waals surface area contributed by atoms with Gasteiger partial charge in [-0.3, -0.25) is 0 Å². The van der Waals surface area contributed by atoms with E-state index in [1.54, 1.807) is 0 Å². The topological polar surface area (TPSA) is 40.5 Å². The molecule has 0 aliphatic heterocycles. The van der Waals surface area contributed by atoms with Crippen molar-refractivity contribution in [1.82, 2.24) is 0 Å². The average molecular weight is 173 g/mol. The van der Waals surface area contributed by atoms with Gasteiger partial charge in [0.25, 0.3) is 0 Å². The molecule has 0 aliphatic rings. The van der Waals surface area contributed by atoms with Gasteiger partial charge in [-0.25, -0.2) is 0 Å². The molecule has 0 aromatic heterocycles. The Morgan fingerprint density at radius 2 is 2.27 bits per heavy atom. The van der Waals surface area contributed by atoms with E-state index >= 15 is 0 Å². The van der Waals surface area contributed by atoms with Gasteiger partial charge in [0.1, 0.15) is 0 Å². The molecule has 4 heteroatoms. The summed E-state index contributed by atoms with van der Waals surface area (Å²) in [6, 6.07) is 3.90. The van der Waals surface area contributed by atoms with Crippen LogP contribution in [-0.4, -0.2) is 17.2 Å². The van der Waals surface area contributed by atoms with E-state index in [2.05, 4.69) is 0 Å². The average Bonchev–Trinajstić information content (AvgIpc) is 2.01. The third kappa shape index (κ3) is 1.96. The summed E-state index contributed by atoms with van der Waals surface area (Å²) >= 11 is 5.61. The monoisotopic (exact) mass is 173 g/mol. The Morgan fingerprint density at radius 3 is 2.82 bits per heavy atom. The van der Waals surface area contributed by atoms with Gasteiger partial charge in [-0.15, -0.1) is 0 Å². The quantitative estimate of drug-likeness (QED) is 0.601. The van der Waals surface area contributed by atoms with Gasteiger partial charge >= 0.3 is 7.12 Å². The van der Waals surface area contributed by atoms with Crippen molar-refractivity contribution < 1.29 is 14.2 Å². The highest BCUT2D eigenvalue weighted by molar-refractivity contribution is 6.59. The lowest BCUT2D eigenvalue weighted by Crippen LogP contribution is -2.31. The van der Waals surface area contributed by atoms with E-state index in [9.17, 15) is 0 Å². The maximum Gasteiger partial charge on any atom is 0.488 e. The second kappa shape index (κ2) is 3.26. The molecular weight excluding hydrogens is 162 g/mol. The minimum atomic E-state index is -2.37. The lowest BCUT2D eigenvalue weighted by Gasteiger charge is -2.03. The molecule has 11 heavy (non-hydrogen) atoms. The molecular formula is C7H8BClO2. The molecule has 0 amide bonds. The molecule has 0 atom stereocenters. The highest BCUT2D eigenvalue weighted by atomic mass is 35.5. The van der Waals surface area contributed by atoms with E-state index in [0.717, 1.165) is 0 Å². The summed E-state index contributed by atoms with van der Waals surface area (Å²) in [6.07, 6.45) is 0. The number of benzene rings is 1. The zero-order chi connectivity index (χ0) is 10.9. The van der Waals surface area contributed by atoms with Crippen LogP contribution < -0.4 is 5.46 Å². The largest absolute Gasteiger partial charge is 0.488 e. The Hall–Kier alpha value is -0.505. The van der Waals surface area contributed by atoms with E-state index in [-0.39, 0.29) is 16.0 Å². The standard InChI is InChI=1S/C7H8BClO2/c1-5-2-3-6(9)4-7(5)8(10)11/h2-4,10-11H,1H3/i1D3. The normalized spacial score (nSPS) is 15.0. The smallest absolute Gasteiger partial charge is 0.423 e. The highest BCUT2D eigenvalue weighted by Crippen LogP contribution is 2.06. The van der Waals surface area contributed by atoms with Gasteiger partial charge in [0.2, 0.25) is 0 Å². The fraction of sp³-hybridized carbons (Fsp3) is 0.143. The maximum absolute atomic E-state index is 8.94. The zero-order valence-electron chi connectivity index (χ0n) is 8.58. The Morgan fingerprint density at radius 1 is 1.55 bits per heavy atom. The lowest BCUT2D eigenvalue weighted by molar-refractivity contribution is 0.425. The first-order valence-electron chi connectivity index (χ1n) is 4.48. The summed E-state index contributed by atoms with van der Waals surface area (Å²) in [7, 11) is -1.83. The van der Waals surface area contributed by atoms with E-state index in [1.165, 1.54) is 18.2 Å². The van der Waals surface area contributed by atoms with Gasteiger partial charge < -0.3 is 10.0 Å². The van der Waals surface area contributed by atoms with Crippen molar-refractivity contribution in [1.29, 1.82) is 0 Å². The van der Waals surface area contributed by atoms with Gasteiger partial charge in [0.05, 0.1) is 0 Å². The van der Waals surface area contributed by atoms with Crippen molar-refractivity contribution in [2.75, 3.05) is 0 Å². The molecule has 58 valence electrons. The first-order valence-corrected chi connectivity index (χ1v) is 3.36. The molecule has 2 N–H and O–H groups in total. The summed E-state index contributed by atoms with van der Waals surface area (Å²) in [5.41, 5.74) is -0.186. The van der Waals surface area contributed by atoms with Crippen molar-refractivity contribution in [3.05, 3.63) is 28.8 Å². The number of hydrogen-bond donors (Lipinski definition) is 2. The van der Waals surface area contributed by atoms with E-state index < -0.39 is 14.0 Å². The predicted molar refractivity (Wildman–Crippen MR) is 46.0 cm³/mol. The second-order valence-electron chi connectivity index (χ2n) is 2.11. The minimum Gasteiger partial charge on any atom is -0.423 e. The molecule has 0 bridgehead atoms. The van der Waals surface area contributed by atoms with E-state index in [0.29, 0.717) is 0 Å². The third-order valence-corrected chi connectivity index (χ3v) is 1.53. The van der Waals surface area contributed by atoms with Gasteiger partial charge in [-0.2, -0.15) is 0 Å². The van der Waals surface area contributed by atoms with Crippen molar-refractivity contribution in [3.63, 3.8) is 0 Å². The molecule has 2 nitrogen and oxygen atoms in total.